The third-order valence-corrected chi connectivity index (χ3v) is 2.60. The van der Waals surface area contributed by atoms with Gasteiger partial charge in [-0.05, 0) is 20.3 Å². The Labute approximate surface area is 100 Å². The molecular weight excluding hydrogens is 224 g/mol. The monoisotopic (exact) mass is 242 g/mol. The summed E-state index contributed by atoms with van der Waals surface area (Å²) in [5.41, 5.74) is -0.577. The van der Waals surface area contributed by atoms with Crippen LogP contribution in [0.3, 0.4) is 0 Å². The largest absolute Gasteiger partial charge is 0.469 e. The third-order valence-electron chi connectivity index (χ3n) is 2.60. The molecule has 0 bridgehead atoms. The summed E-state index contributed by atoms with van der Waals surface area (Å²) >= 11 is 0. The lowest BCUT2D eigenvalue weighted by atomic mass is 10.0. The van der Waals surface area contributed by atoms with Crippen LogP contribution in [0.5, 0.6) is 0 Å². The lowest BCUT2D eigenvalue weighted by Crippen LogP contribution is -2.26. The van der Waals surface area contributed by atoms with Crippen molar-refractivity contribution < 1.29 is 18.8 Å². The fourth-order valence-corrected chi connectivity index (χ4v) is 1.38. The minimum atomic E-state index is -0.577. The Morgan fingerprint density at radius 1 is 1.47 bits per heavy atom. The Morgan fingerprint density at radius 2 is 2.18 bits per heavy atom. The number of hydrogen-bond donors (Lipinski definition) is 0. The van der Waals surface area contributed by atoms with E-state index in [9.17, 15) is 4.79 Å². The first-order valence-corrected chi connectivity index (χ1v) is 5.59. The van der Waals surface area contributed by atoms with Crippen LogP contribution in [0.25, 0.3) is 0 Å². The second-order valence-corrected chi connectivity index (χ2v) is 3.78. The number of aromatic nitrogens is 2. The van der Waals surface area contributed by atoms with Crippen molar-refractivity contribution in [2.75, 3.05) is 13.7 Å². The molecule has 1 aromatic heterocycles. The fraction of sp³-hybridized carbons (Fsp3) is 0.727. The Morgan fingerprint density at radius 3 is 2.71 bits per heavy atom. The Hall–Kier alpha value is -1.43. The van der Waals surface area contributed by atoms with Crippen molar-refractivity contribution in [1.29, 1.82) is 0 Å². The Kier molecular flexibility index (Phi) is 4.62. The zero-order valence-corrected chi connectivity index (χ0v) is 10.6. The van der Waals surface area contributed by atoms with Crippen molar-refractivity contribution in [2.45, 2.75) is 39.2 Å². The highest BCUT2D eigenvalue weighted by Crippen LogP contribution is 2.26. The van der Waals surface area contributed by atoms with Crippen molar-refractivity contribution in [1.82, 2.24) is 10.1 Å². The lowest BCUT2D eigenvalue weighted by molar-refractivity contribution is -0.140. The molecule has 0 aliphatic carbocycles. The smallest absolute Gasteiger partial charge is 0.315 e. The van der Waals surface area contributed by atoms with Gasteiger partial charge in [-0.2, -0.15) is 4.98 Å². The molecule has 1 rings (SSSR count). The zero-order valence-electron chi connectivity index (χ0n) is 10.6. The second-order valence-electron chi connectivity index (χ2n) is 3.78. The summed E-state index contributed by atoms with van der Waals surface area (Å²) in [6.07, 6.45) is 0.702. The van der Waals surface area contributed by atoms with Crippen LogP contribution >= 0.6 is 0 Å². The highest BCUT2D eigenvalue weighted by Gasteiger charge is 2.31. The first kappa shape index (κ1) is 13.6. The Bertz CT molecular complexity index is 377. The molecule has 1 unspecified atom stereocenters. The van der Waals surface area contributed by atoms with Crippen LogP contribution in [0.15, 0.2) is 4.52 Å². The van der Waals surface area contributed by atoms with Crippen LogP contribution in [0.1, 0.15) is 38.9 Å². The zero-order chi connectivity index (χ0) is 12.9. The number of hydrogen-bond acceptors (Lipinski definition) is 6. The van der Waals surface area contributed by atoms with Crippen LogP contribution in [0.4, 0.5) is 0 Å². The predicted molar refractivity (Wildman–Crippen MR) is 59.3 cm³/mol. The molecule has 96 valence electrons. The van der Waals surface area contributed by atoms with E-state index < -0.39 is 11.6 Å². The summed E-state index contributed by atoms with van der Waals surface area (Å²) in [6, 6.07) is 0. The number of esters is 1. The molecule has 0 saturated heterocycles. The summed E-state index contributed by atoms with van der Waals surface area (Å²) in [4.78, 5) is 15.2. The molecule has 0 aliphatic heterocycles. The summed E-state index contributed by atoms with van der Waals surface area (Å²) in [6.45, 7) is 6.34. The molecule has 0 fully saturated rings. The Balaban J connectivity index is 2.82. The van der Waals surface area contributed by atoms with Gasteiger partial charge in [-0.3, -0.25) is 4.79 Å². The van der Waals surface area contributed by atoms with Crippen molar-refractivity contribution >= 4 is 5.97 Å². The first-order valence-electron chi connectivity index (χ1n) is 5.59. The van der Waals surface area contributed by atoms with Gasteiger partial charge in [0.1, 0.15) is 12.0 Å². The number of methoxy groups -OCH3 is 1. The van der Waals surface area contributed by atoms with Crippen molar-refractivity contribution in [3.63, 3.8) is 0 Å². The molecule has 0 aliphatic rings. The van der Waals surface area contributed by atoms with Gasteiger partial charge in [0, 0.05) is 6.61 Å². The predicted octanol–water partition coefficient (Wildman–Crippen LogP) is 1.45. The van der Waals surface area contributed by atoms with Gasteiger partial charge in [0.05, 0.1) is 7.11 Å². The molecule has 1 heterocycles. The van der Waals surface area contributed by atoms with Crippen LogP contribution in [-0.4, -0.2) is 29.8 Å². The molecule has 0 aromatic carbocycles. The molecule has 0 N–H and O–H groups in total. The SMILES string of the molecule is CCOC(C)(CC)c1noc(CC(=O)OC)n1. The van der Waals surface area contributed by atoms with Gasteiger partial charge in [-0.1, -0.05) is 12.1 Å². The van der Waals surface area contributed by atoms with E-state index in [2.05, 4.69) is 14.9 Å². The van der Waals surface area contributed by atoms with Crippen LogP contribution in [-0.2, 0) is 26.3 Å². The third kappa shape index (κ3) is 3.26. The molecule has 6 heteroatoms. The minimum absolute atomic E-state index is 0.0184. The number of rotatable bonds is 6. The molecule has 17 heavy (non-hydrogen) atoms. The van der Waals surface area contributed by atoms with E-state index >= 15 is 0 Å². The maximum Gasteiger partial charge on any atom is 0.315 e. The van der Waals surface area contributed by atoms with Gasteiger partial charge >= 0.3 is 5.97 Å². The lowest BCUT2D eigenvalue weighted by Gasteiger charge is -2.23. The number of ether oxygens (including phenoxy) is 2. The molecule has 1 aromatic rings. The summed E-state index contributed by atoms with van der Waals surface area (Å²) in [7, 11) is 1.32. The van der Waals surface area contributed by atoms with Gasteiger partial charge in [-0.15, -0.1) is 0 Å². The maximum atomic E-state index is 11.1. The van der Waals surface area contributed by atoms with E-state index in [1.54, 1.807) is 0 Å². The minimum Gasteiger partial charge on any atom is -0.469 e. The van der Waals surface area contributed by atoms with Crippen LogP contribution in [0, 0.1) is 0 Å². The topological polar surface area (TPSA) is 74.5 Å². The van der Waals surface area contributed by atoms with Gasteiger partial charge in [0.15, 0.2) is 0 Å². The van der Waals surface area contributed by atoms with Crippen molar-refractivity contribution in [2.24, 2.45) is 0 Å². The van der Waals surface area contributed by atoms with E-state index in [0.717, 1.165) is 6.42 Å². The normalized spacial score (nSPS) is 14.4. The van der Waals surface area contributed by atoms with Gasteiger partial charge in [-0.25, -0.2) is 0 Å². The number of carbonyl (C=O) groups excluding carboxylic acids is 1. The van der Waals surface area contributed by atoms with E-state index in [-0.39, 0.29) is 12.3 Å². The van der Waals surface area contributed by atoms with Gasteiger partial charge < -0.3 is 14.0 Å². The average Bonchev–Trinajstić information content (AvgIpc) is 2.78. The van der Waals surface area contributed by atoms with Gasteiger partial charge in [0.25, 0.3) is 0 Å². The van der Waals surface area contributed by atoms with E-state index in [4.69, 9.17) is 9.26 Å². The average molecular weight is 242 g/mol. The number of nitrogens with zero attached hydrogens (tertiary/aromatic N) is 2. The fourth-order valence-electron chi connectivity index (χ4n) is 1.38. The second kappa shape index (κ2) is 5.77. The quantitative estimate of drug-likeness (QED) is 0.703. The highest BCUT2D eigenvalue weighted by atomic mass is 16.5. The molecule has 0 saturated carbocycles. The summed E-state index contributed by atoms with van der Waals surface area (Å²) < 4.78 is 15.1. The van der Waals surface area contributed by atoms with E-state index in [1.165, 1.54) is 7.11 Å². The standard InChI is InChI=1S/C11H18N2O4/c1-5-11(3,16-6-2)10-12-8(17-13-10)7-9(14)15-4/h5-7H2,1-4H3. The number of carbonyl (C=O) groups is 1. The van der Waals surface area contributed by atoms with Crippen LogP contribution < -0.4 is 0 Å². The summed E-state index contributed by atoms with van der Waals surface area (Å²) in [5, 5.41) is 3.85. The van der Waals surface area contributed by atoms with Crippen molar-refractivity contribution in [3.8, 4) is 0 Å². The summed E-state index contributed by atoms with van der Waals surface area (Å²) in [5.74, 6) is 0.293. The van der Waals surface area contributed by atoms with Crippen LogP contribution in [0.2, 0.25) is 0 Å². The molecule has 6 nitrogen and oxygen atoms in total. The molecular formula is C11H18N2O4. The molecule has 0 spiro atoms. The van der Waals surface area contributed by atoms with E-state index in [0.29, 0.717) is 12.4 Å². The van der Waals surface area contributed by atoms with E-state index in [1.807, 2.05) is 20.8 Å². The first-order chi connectivity index (χ1) is 8.05. The van der Waals surface area contributed by atoms with Crippen molar-refractivity contribution in [3.05, 3.63) is 11.7 Å². The maximum absolute atomic E-state index is 11.1. The van der Waals surface area contributed by atoms with Gasteiger partial charge in [0.2, 0.25) is 11.7 Å². The molecule has 1 atom stereocenters. The molecule has 0 amide bonds. The molecule has 0 radical (unpaired) electrons. The highest BCUT2D eigenvalue weighted by molar-refractivity contribution is 5.71.